The maximum atomic E-state index is 13.0. The van der Waals surface area contributed by atoms with Gasteiger partial charge in [0.25, 0.3) is 0 Å². The Morgan fingerprint density at radius 1 is 1.03 bits per heavy atom. The summed E-state index contributed by atoms with van der Waals surface area (Å²) in [6.07, 6.45) is 1.31. The van der Waals surface area contributed by atoms with Gasteiger partial charge in [0.05, 0.1) is 4.90 Å². The summed E-state index contributed by atoms with van der Waals surface area (Å²) >= 11 is 0. The standard InChI is InChI=1S/C22H25N3O6S/c1-15-4-7-18(8-5-15)32(28,29)25-10-2-3-17(25)13-24-22(27)21(26)23-12-16-6-9-19-20(11-16)31-14-30-19/h4-9,11,17H,2-3,10,12-14H2,1H3,(H,23,26)(H,24,27)/t17-/m0/s1. The Labute approximate surface area is 186 Å². The van der Waals surface area contributed by atoms with Gasteiger partial charge in [-0.2, -0.15) is 4.31 Å². The van der Waals surface area contributed by atoms with E-state index in [9.17, 15) is 18.0 Å². The molecule has 10 heteroatoms. The zero-order chi connectivity index (χ0) is 22.7. The predicted octanol–water partition coefficient (Wildman–Crippen LogP) is 1.31. The quantitative estimate of drug-likeness (QED) is 0.630. The van der Waals surface area contributed by atoms with Crippen molar-refractivity contribution < 1.29 is 27.5 Å². The van der Waals surface area contributed by atoms with Crippen LogP contribution in [0.5, 0.6) is 11.5 Å². The first-order valence-electron chi connectivity index (χ1n) is 10.4. The van der Waals surface area contributed by atoms with Crippen LogP contribution < -0.4 is 20.1 Å². The summed E-state index contributed by atoms with van der Waals surface area (Å²) in [6.45, 7) is 2.65. The van der Waals surface area contributed by atoms with E-state index in [2.05, 4.69) is 10.6 Å². The van der Waals surface area contributed by atoms with E-state index in [-0.39, 0.29) is 24.8 Å². The number of nitrogens with zero attached hydrogens (tertiary/aromatic N) is 1. The van der Waals surface area contributed by atoms with Gasteiger partial charge in [0, 0.05) is 25.7 Å². The topological polar surface area (TPSA) is 114 Å². The number of rotatable bonds is 6. The molecule has 0 unspecified atom stereocenters. The molecule has 0 saturated carbocycles. The molecule has 0 radical (unpaired) electrons. The Balaban J connectivity index is 1.30. The van der Waals surface area contributed by atoms with Crippen molar-refractivity contribution in [2.45, 2.75) is 37.2 Å². The van der Waals surface area contributed by atoms with E-state index in [0.29, 0.717) is 30.9 Å². The van der Waals surface area contributed by atoms with E-state index in [1.54, 1.807) is 42.5 Å². The highest BCUT2D eigenvalue weighted by Gasteiger charge is 2.35. The third-order valence-corrected chi connectivity index (χ3v) is 7.51. The minimum absolute atomic E-state index is 0.0708. The van der Waals surface area contributed by atoms with Gasteiger partial charge in [-0.3, -0.25) is 9.59 Å². The van der Waals surface area contributed by atoms with Gasteiger partial charge in [-0.25, -0.2) is 8.42 Å². The number of hydrogen-bond donors (Lipinski definition) is 2. The Bertz CT molecular complexity index is 1120. The summed E-state index contributed by atoms with van der Waals surface area (Å²) in [5.41, 5.74) is 1.74. The van der Waals surface area contributed by atoms with Crippen molar-refractivity contribution in [2.75, 3.05) is 19.9 Å². The van der Waals surface area contributed by atoms with Crippen LogP contribution in [0.15, 0.2) is 47.4 Å². The summed E-state index contributed by atoms with van der Waals surface area (Å²) in [4.78, 5) is 24.6. The normalized spacial score (nSPS) is 17.8. The Kier molecular flexibility index (Phi) is 6.33. The molecule has 4 rings (SSSR count). The first kappa shape index (κ1) is 22.1. The van der Waals surface area contributed by atoms with Crippen molar-refractivity contribution in [1.82, 2.24) is 14.9 Å². The number of aryl methyl sites for hydroxylation is 1. The van der Waals surface area contributed by atoms with Crippen LogP contribution in [0.4, 0.5) is 0 Å². The Morgan fingerprint density at radius 2 is 1.75 bits per heavy atom. The molecule has 0 aliphatic carbocycles. The molecule has 0 spiro atoms. The first-order valence-corrected chi connectivity index (χ1v) is 11.8. The van der Waals surface area contributed by atoms with Crippen molar-refractivity contribution in [3.05, 3.63) is 53.6 Å². The average Bonchev–Trinajstić information content (AvgIpc) is 3.45. The van der Waals surface area contributed by atoms with Gasteiger partial charge in [0.1, 0.15) is 0 Å². The Morgan fingerprint density at radius 3 is 2.53 bits per heavy atom. The van der Waals surface area contributed by atoms with E-state index in [1.165, 1.54) is 4.31 Å². The van der Waals surface area contributed by atoms with Gasteiger partial charge in [0.2, 0.25) is 16.8 Å². The number of ether oxygens (including phenoxy) is 2. The van der Waals surface area contributed by atoms with Gasteiger partial charge in [-0.15, -0.1) is 0 Å². The van der Waals surface area contributed by atoms with Gasteiger partial charge in [0.15, 0.2) is 11.5 Å². The Hall–Kier alpha value is -3.11. The number of carbonyl (C=O) groups excluding carboxylic acids is 2. The fourth-order valence-corrected chi connectivity index (χ4v) is 5.47. The molecule has 2 heterocycles. The highest BCUT2D eigenvalue weighted by atomic mass is 32.2. The summed E-state index contributed by atoms with van der Waals surface area (Å²) in [6, 6.07) is 11.5. The van der Waals surface area contributed by atoms with Crippen LogP contribution >= 0.6 is 0 Å². The first-order chi connectivity index (χ1) is 15.3. The molecule has 170 valence electrons. The molecule has 2 aromatic carbocycles. The number of fused-ring (bicyclic) bond motifs is 1. The number of amides is 2. The lowest BCUT2D eigenvalue weighted by Crippen LogP contribution is -2.46. The number of sulfonamides is 1. The molecule has 9 nitrogen and oxygen atoms in total. The van der Waals surface area contributed by atoms with E-state index in [0.717, 1.165) is 11.1 Å². The van der Waals surface area contributed by atoms with Crippen molar-refractivity contribution >= 4 is 21.8 Å². The van der Waals surface area contributed by atoms with Crippen LogP contribution in [-0.2, 0) is 26.2 Å². The smallest absolute Gasteiger partial charge is 0.309 e. The molecule has 2 N–H and O–H groups in total. The maximum absolute atomic E-state index is 13.0. The second-order valence-corrected chi connectivity index (χ2v) is 9.70. The summed E-state index contributed by atoms with van der Waals surface area (Å²) in [5, 5.41) is 5.12. The van der Waals surface area contributed by atoms with Crippen LogP contribution in [0.3, 0.4) is 0 Å². The maximum Gasteiger partial charge on any atom is 0.309 e. The molecule has 2 amide bonds. The largest absolute Gasteiger partial charge is 0.454 e. The second-order valence-electron chi connectivity index (χ2n) is 7.81. The second kappa shape index (κ2) is 9.17. The molecule has 2 aliphatic rings. The summed E-state index contributed by atoms with van der Waals surface area (Å²) < 4.78 is 37.9. The molecule has 32 heavy (non-hydrogen) atoms. The lowest BCUT2D eigenvalue weighted by molar-refractivity contribution is -0.139. The van der Waals surface area contributed by atoms with Crippen LogP contribution in [-0.4, -0.2) is 50.5 Å². The summed E-state index contributed by atoms with van der Waals surface area (Å²) in [7, 11) is -3.66. The van der Waals surface area contributed by atoms with E-state index >= 15 is 0 Å². The van der Waals surface area contributed by atoms with Crippen molar-refractivity contribution in [3.8, 4) is 11.5 Å². The lowest BCUT2D eigenvalue weighted by atomic mass is 10.2. The van der Waals surface area contributed by atoms with E-state index < -0.39 is 27.9 Å². The molecule has 2 aliphatic heterocycles. The van der Waals surface area contributed by atoms with Gasteiger partial charge in [-0.1, -0.05) is 23.8 Å². The monoisotopic (exact) mass is 459 g/mol. The van der Waals surface area contributed by atoms with Crippen LogP contribution in [0.1, 0.15) is 24.0 Å². The van der Waals surface area contributed by atoms with Crippen molar-refractivity contribution in [3.63, 3.8) is 0 Å². The van der Waals surface area contributed by atoms with Crippen LogP contribution in [0, 0.1) is 6.92 Å². The third kappa shape index (κ3) is 4.71. The van der Waals surface area contributed by atoms with Crippen LogP contribution in [0.2, 0.25) is 0 Å². The van der Waals surface area contributed by atoms with Crippen LogP contribution in [0.25, 0.3) is 0 Å². The third-order valence-electron chi connectivity index (χ3n) is 5.55. The zero-order valence-electron chi connectivity index (χ0n) is 17.7. The van der Waals surface area contributed by atoms with E-state index in [1.807, 2.05) is 6.92 Å². The fourth-order valence-electron chi connectivity index (χ4n) is 3.78. The predicted molar refractivity (Wildman–Crippen MR) is 116 cm³/mol. The number of nitrogens with one attached hydrogen (secondary N) is 2. The van der Waals surface area contributed by atoms with Gasteiger partial charge in [-0.05, 0) is 49.6 Å². The molecule has 1 saturated heterocycles. The van der Waals surface area contributed by atoms with Gasteiger partial charge >= 0.3 is 11.8 Å². The van der Waals surface area contributed by atoms with Crippen molar-refractivity contribution in [2.24, 2.45) is 0 Å². The average molecular weight is 460 g/mol. The number of carbonyl (C=O) groups is 2. The lowest BCUT2D eigenvalue weighted by Gasteiger charge is -2.24. The highest BCUT2D eigenvalue weighted by molar-refractivity contribution is 7.89. The molecule has 1 fully saturated rings. The molecule has 2 aromatic rings. The molecule has 1 atom stereocenters. The summed E-state index contributed by atoms with van der Waals surface area (Å²) in [5.74, 6) is -0.351. The molecule has 0 bridgehead atoms. The minimum atomic E-state index is -3.66. The molecular weight excluding hydrogens is 434 g/mol. The highest BCUT2D eigenvalue weighted by Crippen LogP contribution is 2.32. The SMILES string of the molecule is Cc1ccc(S(=O)(=O)N2CCC[C@H]2CNC(=O)C(=O)NCc2ccc3c(c2)OCO3)cc1. The fraction of sp³-hybridized carbons (Fsp3) is 0.364. The van der Waals surface area contributed by atoms with Crippen molar-refractivity contribution in [1.29, 1.82) is 0 Å². The zero-order valence-corrected chi connectivity index (χ0v) is 18.5. The number of benzene rings is 2. The van der Waals surface area contributed by atoms with E-state index in [4.69, 9.17) is 9.47 Å². The minimum Gasteiger partial charge on any atom is -0.454 e. The van der Waals surface area contributed by atoms with Gasteiger partial charge < -0.3 is 20.1 Å². The number of hydrogen-bond acceptors (Lipinski definition) is 6. The molecule has 0 aromatic heterocycles. The molecular formula is C22H25N3O6S.